The molecule has 1 N–H and O–H groups in total. The van der Waals surface area contributed by atoms with Crippen molar-refractivity contribution in [2.75, 3.05) is 27.4 Å². The standard InChI is InChI=1S/C23H23N3O7/c1-4-32-23(29)24-20(27)14-33-22(28)21-17(13-26(25-21)16-8-6-5-7-9-16)15-10-11-18(30-2)19(12-15)31-3/h5-13H,4,14H2,1-3H3,(H,24,27,29). The van der Waals surface area contributed by atoms with Crippen LogP contribution in [0.25, 0.3) is 16.8 Å². The fourth-order valence-electron chi connectivity index (χ4n) is 2.97. The molecule has 0 aliphatic heterocycles. The molecule has 172 valence electrons. The van der Waals surface area contributed by atoms with E-state index in [1.165, 1.54) is 18.9 Å². The Labute approximate surface area is 190 Å². The molecule has 0 spiro atoms. The first-order chi connectivity index (χ1) is 16.0. The third-order valence-corrected chi connectivity index (χ3v) is 4.47. The maximum absolute atomic E-state index is 12.8. The van der Waals surface area contributed by atoms with Crippen LogP contribution in [-0.4, -0.2) is 55.2 Å². The van der Waals surface area contributed by atoms with E-state index in [-0.39, 0.29) is 12.3 Å². The summed E-state index contributed by atoms with van der Waals surface area (Å²) in [6.07, 6.45) is 0.754. The molecule has 2 amide bonds. The first kappa shape index (κ1) is 23.3. The van der Waals surface area contributed by atoms with Gasteiger partial charge in [0.1, 0.15) is 0 Å². The Kier molecular flexibility index (Phi) is 7.64. The molecule has 0 saturated heterocycles. The fourth-order valence-corrected chi connectivity index (χ4v) is 2.97. The monoisotopic (exact) mass is 453 g/mol. The minimum Gasteiger partial charge on any atom is -0.493 e. The number of aromatic nitrogens is 2. The summed E-state index contributed by atoms with van der Waals surface area (Å²) in [6, 6.07) is 14.3. The number of ether oxygens (including phenoxy) is 4. The molecule has 10 nitrogen and oxygen atoms in total. The van der Waals surface area contributed by atoms with Crippen LogP contribution in [0.15, 0.2) is 54.7 Å². The van der Waals surface area contributed by atoms with Crippen molar-refractivity contribution < 1.29 is 33.3 Å². The average Bonchev–Trinajstić information content (AvgIpc) is 3.28. The van der Waals surface area contributed by atoms with Crippen molar-refractivity contribution in [1.29, 1.82) is 0 Å². The Morgan fingerprint density at radius 2 is 1.70 bits per heavy atom. The first-order valence-corrected chi connectivity index (χ1v) is 9.98. The lowest BCUT2D eigenvalue weighted by molar-refractivity contribution is -0.123. The molecule has 3 aromatic rings. The fraction of sp³-hybridized carbons (Fsp3) is 0.217. The number of benzene rings is 2. The molecule has 0 aliphatic rings. The molecule has 0 unspecified atom stereocenters. The molecule has 2 aromatic carbocycles. The summed E-state index contributed by atoms with van der Waals surface area (Å²) in [5.74, 6) is -0.669. The lowest BCUT2D eigenvalue weighted by Crippen LogP contribution is -2.34. The number of nitrogens with one attached hydrogen (secondary N) is 1. The summed E-state index contributed by atoms with van der Waals surface area (Å²) in [7, 11) is 3.03. The zero-order valence-electron chi connectivity index (χ0n) is 18.4. The molecular weight excluding hydrogens is 430 g/mol. The number of esters is 1. The number of imide groups is 1. The highest BCUT2D eigenvalue weighted by Crippen LogP contribution is 2.34. The van der Waals surface area contributed by atoms with Crippen molar-refractivity contribution in [3.05, 3.63) is 60.4 Å². The third kappa shape index (κ3) is 5.67. The molecule has 0 fully saturated rings. The van der Waals surface area contributed by atoms with Crippen LogP contribution in [0.2, 0.25) is 0 Å². The Balaban J connectivity index is 1.91. The normalized spacial score (nSPS) is 10.3. The number of methoxy groups -OCH3 is 2. The minimum absolute atomic E-state index is 0.0185. The summed E-state index contributed by atoms with van der Waals surface area (Å²) in [4.78, 5) is 36.0. The van der Waals surface area contributed by atoms with Gasteiger partial charge in [-0.25, -0.2) is 14.3 Å². The summed E-state index contributed by atoms with van der Waals surface area (Å²) < 4.78 is 21.9. The number of nitrogens with zero attached hydrogens (tertiary/aromatic N) is 2. The summed E-state index contributed by atoms with van der Waals surface area (Å²) in [6.45, 7) is 1.02. The minimum atomic E-state index is -0.919. The molecule has 3 rings (SSSR count). The van der Waals surface area contributed by atoms with Gasteiger partial charge in [0, 0.05) is 11.8 Å². The Hall–Kier alpha value is -4.34. The highest BCUT2D eigenvalue weighted by Gasteiger charge is 2.22. The molecule has 0 aliphatic carbocycles. The number of rotatable bonds is 8. The van der Waals surface area contributed by atoms with Crippen molar-refractivity contribution in [3.8, 4) is 28.3 Å². The lowest BCUT2D eigenvalue weighted by Gasteiger charge is -2.09. The van der Waals surface area contributed by atoms with E-state index in [0.29, 0.717) is 22.6 Å². The third-order valence-electron chi connectivity index (χ3n) is 4.47. The SMILES string of the molecule is CCOC(=O)NC(=O)COC(=O)c1nn(-c2ccccc2)cc1-c1ccc(OC)c(OC)c1. The van der Waals surface area contributed by atoms with E-state index in [1.54, 1.807) is 31.3 Å². The number of para-hydroxylation sites is 1. The second kappa shape index (κ2) is 10.8. The second-order valence-corrected chi connectivity index (χ2v) is 6.59. The Morgan fingerprint density at radius 3 is 2.36 bits per heavy atom. The Bertz CT molecular complexity index is 1140. The van der Waals surface area contributed by atoms with Crippen molar-refractivity contribution in [3.63, 3.8) is 0 Å². The zero-order chi connectivity index (χ0) is 23.8. The molecule has 0 atom stereocenters. The molecule has 0 radical (unpaired) electrons. The number of alkyl carbamates (subject to hydrolysis) is 1. The molecule has 0 bridgehead atoms. The number of amides is 2. The average molecular weight is 453 g/mol. The van der Waals surface area contributed by atoms with Gasteiger partial charge in [0.2, 0.25) is 0 Å². The predicted octanol–water partition coefficient (Wildman–Crippen LogP) is 2.99. The van der Waals surface area contributed by atoms with Crippen LogP contribution in [0.1, 0.15) is 17.4 Å². The molecule has 10 heteroatoms. The number of hydrogen-bond donors (Lipinski definition) is 1. The first-order valence-electron chi connectivity index (χ1n) is 9.98. The van der Waals surface area contributed by atoms with Crippen LogP contribution in [-0.2, 0) is 14.3 Å². The van der Waals surface area contributed by atoms with Gasteiger partial charge in [-0.05, 0) is 36.8 Å². The van der Waals surface area contributed by atoms with Crippen LogP contribution in [0, 0.1) is 0 Å². The van der Waals surface area contributed by atoms with Gasteiger partial charge in [-0.1, -0.05) is 24.3 Å². The molecular formula is C23H23N3O7. The van der Waals surface area contributed by atoms with Gasteiger partial charge in [-0.3, -0.25) is 10.1 Å². The second-order valence-electron chi connectivity index (χ2n) is 6.59. The summed E-state index contributed by atoms with van der Waals surface area (Å²) in [5, 5.41) is 6.33. The van der Waals surface area contributed by atoms with E-state index >= 15 is 0 Å². The number of carbonyl (C=O) groups excluding carboxylic acids is 3. The highest BCUT2D eigenvalue weighted by atomic mass is 16.6. The Morgan fingerprint density at radius 1 is 0.970 bits per heavy atom. The van der Waals surface area contributed by atoms with Crippen molar-refractivity contribution in [2.45, 2.75) is 6.92 Å². The van der Waals surface area contributed by atoms with Gasteiger partial charge in [0.15, 0.2) is 23.8 Å². The molecule has 33 heavy (non-hydrogen) atoms. The van der Waals surface area contributed by atoms with Gasteiger partial charge < -0.3 is 18.9 Å². The van der Waals surface area contributed by atoms with Crippen molar-refractivity contribution >= 4 is 18.0 Å². The summed E-state index contributed by atoms with van der Waals surface area (Å²) in [5.41, 5.74) is 1.78. The van der Waals surface area contributed by atoms with E-state index in [4.69, 9.17) is 14.2 Å². The van der Waals surface area contributed by atoms with E-state index < -0.39 is 24.6 Å². The predicted molar refractivity (Wildman–Crippen MR) is 118 cm³/mol. The highest BCUT2D eigenvalue weighted by molar-refractivity contribution is 5.98. The van der Waals surface area contributed by atoms with E-state index in [0.717, 1.165) is 5.69 Å². The smallest absolute Gasteiger partial charge is 0.413 e. The number of carbonyl (C=O) groups is 3. The lowest BCUT2D eigenvalue weighted by atomic mass is 10.1. The van der Waals surface area contributed by atoms with E-state index in [2.05, 4.69) is 9.84 Å². The van der Waals surface area contributed by atoms with E-state index in [1.807, 2.05) is 35.6 Å². The van der Waals surface area contributed by atoms with Crippen LogP contribution < -0.4 is 14.8 Å². The van der Waals surface area contributed by atoms with Crippen molar-refractivity contribution in [2.24, 2.45) is 0 Å². The quantitative estimate of drug-likeness (QED) is 0.517. The van der Waals surface area contributed by atoms with Crippen LogP contribution in [0.4, 0.5) is 4.79 Å². The molecule has 1 aromatic heterocycles. The van der Waals surface area contributed by atoms with Crippen LogP contribution in [0.5, 0.6) is 11.5 Å². The van der Waals surface area contributed by atoms with Gasteiger partial charge >= 0.3 is 12.1 Å². The maximum atomic E-state index is 12.8. The molecule has 1 heterocycles. The largest absolute Gasteiger partial charge is 0.493 e. The van der Waals surface area contributed by atoms with Crippen LogP contribution >= 0.6 is 0 Å². The van der Waals surface area contributed by atoms with Crippen molar-refractivity contribution in [1.82, 2.24) is 15.1 Å². The van der Waals surface area contributed by atoms with Gasteiger partial charge in [-0.15, -0.1) is 0 Å². The van der Waals surface area contributed by atoms with Gasteiger partial charge in [0.05, 0.1) is 26.5 Å². The topological polar surface area (TPSA) is 118 Å². The van der Waals surface area contributed by atoms with E-state index in [9.17, 15) is 14.4 Å². The zero-order valence-corrected chi connectivity index (χ0v) is 18.4. The summed E-state index contributed by atoms with van der Waals surface area (Å²) >= 11 is 0. The number of hydrogen-bond acceptors (Lipinski definition) is 8. The maximum Gasteiger partial charge on any atom is 0.413 e. The van der Waals surface area contributed by atoms with Crippen LogP contribution in [0.3, 0.4) is 0 Å². The molecule has 0 saturated carbocycles. The van der Waals surface area contributed by atoms with Gasteiger partial charge in [0.25, 0.3) is 5.91 Å². The van der Waals surface area contributed by atoms with Gasteiger partial charge in [-0.2, -0.15) is 5.10 Å².